The molecule has 0 radical (unpaired) electrons. The van der Waals surface area contributed by atoms with Gasteiger partial charge in [-0.2, -0.15) is 0 Å². The molecule has 0 spiro atoms. The van der Waals surface area contributed by atoms with Crippen molar-refractivity contribution in [1.29, 1.82) is 0 Å². The third-order valence-corrected chi connectivity index (χ3v) is 1.75. The Balaban J connectivity index is 3.10. The Hall–Kier alpha value is -0.300. The lowest BCUT2D eigenvalue weighted by Gasteiger charge is -2.07. The molecule has 0 aliphatic rings. The third-order valence-electron chi connectivity index (χ3n) is 1.75. The molecule has 0 heterocycles. The molecule has 0 saturated carbocycles. The van der Waals surface area contributed by atoms with E-state index < -0.39 is 0 Å². The van der Waals surface area contributed by atoms with E-state index in [9.17, 15) is 0 Å². The van der Waals surface area contributed by atoms with Crippen LogP contribution in [0, 0.1) is 5.92 Å². The first-order valence-electron chi connectivity index (χ1n) is 4.41. The number of rotatable bonds is 6. The quantitative estimate of drug-likeness (QED) is 0.424. The molecule has 0 aromatic rings. The van der Waals surface area contributed by atoms with Crippen molar-refractivity contribution in [3.63, 3.8) is 0 Å². The molecule has 0 saturated heterocycles. The van der Waals surface area contributed by atoms with Gasteiger partial charge in [0.1, 0.15) is 0 Å². The molecule has 0 amide bonds. The van der Waals surface area contributed by atoms with E-state index in [4.69, 9.17) is 4.74 Å². The monoisotopic (exact) mass is 156 g/mol. The normalized spacial score (nSPS) is 14.1. The van der Waals surface area contributed by atoms with Gasteiger partial charge in [0.2, 0.25) is 0 Å². The molecule has 0 N–H and O–H groups in total. The molecule has 0 fully saturated rings. The Morgan fingerprint density at radius 3 is 2.73 bits per heavy atom. The Bertz CT molecular complexity index is 97.0. The van der Waals surface area contributed by atoms with Crippen LogP contribution in [0.4, 0.5) is 0 Å². The average Bonchev–Trinajstić information content (AvgIpc) is 1.99. The van der Waals surface area contributed by atoms with Gasteiger partial charge >= 0.3 is 0 Å². The highest BCUT2D eigenvalue weighted by atomic mass is 16.5. The van der Waals surface area contributed by atoms with Crippen LogP contribution in [0.3, 0.4) is 0 Å². The Labute approximate surface area is 70.4 Å². The lowest BCUT2D eigenvalue weighted by molar-refractivity contribution is 0.155. The van der Waals surface area contributed by atoms with Crippen LogP contribution in [-0.4, -0.2) is 13.7 Å². The van der Waals surface area contributed by atoms with Crippen LogP contribution >= 0.6 is 0 Å². The fourth-order valence-electron chi connectivity index (χ4n) is 1.12. The minimum absolute atomic E-state index is 0.713. The van der Waals surface area contributed by atoms with E-state index in [0.29, 0.717) is 5.92 Å². The molecule has 11 heavy (non-hydrogen) atoms. The van der Waals surface area contributed by atoms with Crippen molar-refractivity contribution in [2.75, 3.05) is 13.7 Å². The zero-order valence-corrected chi connectivity index (χ0v) is 7.97. The van der Waals surface area contributed by atoms with Gasteiger partial charge < -0.3 is 4.74 Å². The van der Waals surface area contributed by atoms with E-state index in [1.165, 1.54) is 19.3 Å². The van der Waals surface area contributed by atoms with Crippen molar-refractivity contribution < 1.29 is 4.74 Å². The van der Waals surface area contributed by atoms with Crippen LogP contribution in [-0.2, 0) is 4.74 Å². The van der Waals surface area contributed by atoms with Crippen molar-refractivity contribution >= 4 is 0 Å². The smallest absolute Gasteiger partial charge is 0.0487 e. The molecule has 0 bridgehead atoms. The van der Waals surface area contributed by atoms with Crippen LogP contribution in [0.1, 0.15) is 33.1 Å². The number of methoxy groups -OCH3 is 1. The molecule has 66 valence electrons. The maximum atomic E-state index is 5.04. The minimum atomic E-state index is 0.713. The van der Waals surface area contributed by atoms with Crippen molar-refractivity contribution in [2.24, 2.45) is 5.92 Å². The zero-order valence-electron chi connectivity index (χ0n) is 7.97. The fraction of sp³-hybridized carbons (Fsp3) is 0.800. The molecule has 1 heteroatoms. The maximum Gasteiger partial charge on any atom is 0.0487 e. The predicted octanol–water partition coefficient (Wildman–Crippen LogP) is 3.02. The first kappa shape index (κ1) is 10.7. The van der Waals surface area contributed by atoms with E-state index in [1.54, 1.807) is 7.11 Å². The standard InChI is InChI=1S/C10H20O/c1-4-5-6-7-8-10(2)9-11-3/h4-5,10H,6-9H2,1-3H3/b5-4+/t10-/m1/s1. The fourth-order valence-corrected chi connectivity index (χ4v) is 1.12. The second kappa shape index (κ2) is 7.80. The zero-order chi connectivity index (χ0) is 8.53. The second-order valence-corrected chi connectivity index (χ2v) is 3.06. The highest BCUT2D eigenvalue weighted by Crippen LogP contribution is 2.07. The number of ether oxygens (including phenoxy) is 1. The molecule has 0 aromatic heterocycles. The van der Waals surface area contributed by atoms with Gasteiger partial charge in [0, 0.05) is 13.7 Å². The van der Waals surface area contributed by atoms with E-state index in [1.807, 2.05) is 0 Å². The highest BCUT2D eigenvalue weighted by Gasteiger charge is 1.98. The van der Waals surface area contributed by atoms with Gasteiger partial charge in [0.15, 0.2) is 0 Å². The Morgan fingerprint density at radius 2 is 2.18 bits per heavy atom. The highest BCUT2D eigenvalue weighted by molar-refractivity contribution is 4.76. The van der Waals surface area contributed by atoms with Gasteiger partial charge in [-0.1, -0.05) is 19.1 Å². The summed E-state index contributed by atoms with van der Waals surface area (Å²) in [5.74, 6) is 0.713. The minimum Gasteiger partial charge on any atom is -0.384 e. The summed E-state index contributed by atoms with van der Waals surface area (Å²) in [4.78, 5) is 0. The van der Waals surface area contributed by atoms with E-state index in [-0.39, 0.29) is 0 Å². The van der Waals surface area contributed by atoms with Crippen LogP contribution < -0.4 is 0 Å². The van der Waals surface area contributed by atoms with Gasteiger partial charge in [-0.05, 0) is 32.1 Å². The molecular formula is C10H20O. The van der Waals surface area contributed by atoms with Gasteiger partial charge in [0.25, 0.3) is 0 Å². The summed E-state index contributed by atoms with van der Waals surface area (Å²) in [6.45, 7) is 5.20. The first-order valence-corrected chi connectivity index (χ1v) is 4.41. The van der Waals surface area contributed by atoms with Gasteiger partial charge in [0.05, 0.1) is 0 Å². The molecule has 0 aliphatic carbocycles. The van der Waals surface area contributed by atoms with Crippen LogP contribution in [0.25, 0.3) is 0 Å². The Morgan fingerprint density at radius 1 is 1.45 bits per heavy atom. The number of allylic oxidation sites excluding steroid dienone is 2. The van der Waals surface area contributed by atoms with E-state index in [2.05, 4.69) is 26.0 Å². The molecule has 0 aliphatic heterocycles. The number of hydrogen-bond donors (Lipinski definition) is 0. The number of unbranched alkanes of at least 4 members (excludes halogenated alkanes) is 1. The van der Waals surface area contributed by atoms with E-state index >= 15 is 0 Å². The SMILES string of the molecule is C/C=C/CCC[C@@H](C)COC. The predicted molar refractivity (Wildman–Crippen MR) is 49.7 cm³/mol. The summed E-state index contributed by atoms with van der Waals surface area (Å²) in [5, 5.41) is 0. The molecule has 1 atom stereocenters. The molecule has 0 unspecified atom stereocenters. The topological polar surface area (TPSA) is 9.23 Å². The molecule has 0 rings (SSSR count). The van der Waals surface area contributed by atoms with Crippen LogP contribution in [0.5, 0.6) is 0 Å². The van der Waals surface area contributed by atoms with Gasteiger partial charge in [-0.3, -0.25) is 0 Å². The lowest BCUT2D eigenvalue weighted by atomic mass is 10.1. The summed E-state index contributed by atoms with van der Waals surface area (Å²) in [6, 6.07) is 0. The van der Waals surface area contributed by atoms with Crippen molar-refractivity contribution in [2.45, 2.75) is 33.1 Å². The summed E-state index contributed by atoms with van der Waals surface area (Å²) in [5.41, 5.74) is 0. The van der Waals surface area contributed by atoms with Gasteiger partial charge in [-0.25, -0.2) is 0 Å². The summed E-state index contributed by atoms with van der Waals surface area (Å²) in [7, 11) is 1.77. The number of hydrogen-bond acceptors (Lipinski definition) is 1. The molecule has 0 aromatic carbocycles. The lowest BCUT2D eigenvalue weighted by Crippen LogP contribution is -2.02. The van der Waals surface area contributed by atoms with Crippen LogP contribution in [0.2, 0.25) is 0 Å². The van der Waals surface area contributed by atoms with Crippen molar-refractivity contribution in [3.8, 4) is 0 Å². The third kappa shape index (κ3) is 7.60. The summed E-state index contributed by atoms with van der Waals surface area (Å²) < 4.78 is 5.04. The average molecular weight is 156 g/mol. The second-order valence-electron chi connectivity index (χ2n) is 3.06. The molecular weight excluding hydrogens is 136 g/mol. The van der Waals surface area contributed by atoms with Crippen LogP contribution in [0.15, 0.2) is 12.2 Å². The Kier molecular flexibility index (Phi) is 7.59. The van der Waals surface area contributed by atoms with Gasteiger partial charge in [-0.15, -0.1) is 0 Å². The first-order chi connectivity index (χ1) is 5.31. The summed E-state index contributed by atoms with van der Waals surface area (Å²) >= 11 is 0. The molecule has 1 nitrogen and oxygen atoms in total. The van der Waals surface area contributed by atoms with Crippen molar-refractivity contribution in [3.05, 3.63) is 12.2 Å². The van der Waals surface area contributed by atoms with Crippen molar-refractivity contribution in [1.82, 2.24) is 0 Å². The van der Waals surface area contributed by atoms with E-state index in [0.717, 1.165) is 6.61 Å². The summed E-state index contributed by atoms with van der Waals surface area (Å²) in [6.07, 6.45) is 8.11. The maximum absolute atomic E-state index is 5.04. The largest absolute Gasteiger partial charge is 0.384 e.